The zero-order valence-electron chi connectivity index (χ0n) is 11.6. The fourth-order valence-corrected chi connectivity index (χ4v) is 2.34. The Morgan fingerprint density at radius 3 is 2.85 bits per heavy atom. The van der Waals surface area contributed by atoms with Gasteiger partial charge >= 0.3 is 0 Å². The summed E-state index contributed by atoms with van der Waals surface area (Å²) in [7, 11) is 1.56. The maximum atomic E-state index is 5.44. The predicted molar refractivity (Wildman–Crippen MR) is 71.3 cm³/mol. The third kappa shape index (κ3) is 2.36. The van der Waals surface area contributed by atoms with Crippen LogP contribution in [-0.4, -0.2) is 40.3 Å². The van der Waals surface area contributed by atoms with Gasteiger partial charge in [0.2, 0.25) is 17.6 Å². The van der Waals surface area contributed by atoms with Crippen LogP contribution in [0.1, 0.15) is 25.7 Å². The van der Waals surface area contributed by atoms with E-state index in [4.69, 9.17) is 9.26 Å². The standard InChI is InChI=1S/C13H17N5O2/c1-13(3-5-14-6-4-13)12-17-11(18-20-12)9-7-10(19-2)16-8-15-9/h7-8,14H,3-6H2,1-2H3. The van der Waals surface area contributed by atoms with Gasteiger partial charge in [-0.25, -0.2) is 9.97 Å². The Hall–Kier alpha value is -2.02. The minimum absolute atomic E-state index is 0.0619. The number of hydrogen-bond donors (Lipinski definition) is 1. The molecule has 3 heterocycles. The molecule has 0 atom stereocenters. The first-order valence-corrected chi connectivity index (χ1v) is 6.63. The van der Waals surface area contributed by atoms with E-state index in [0.29, 0.717) is 23.3 Å². The molecule has 1 aliphatic rings. The lowest BCUT2D eigenvalue weighted by molar-refractivity contribution is 0.241. The highest BCUT2D eigenvalue weighted by Crippen LogP contribution is 2.32. The first kappa shape index (κ1) is 13.0. The average molecular weight is 275 g/mol. The smallest absolute Gasteiger partial charge is 0.233 e. The highest BCUT2D eigenvalue weighted by atomic mass is 16.5. The Labute approximate surface area is 116 Å². The van der Waals surface area contributed by atoms with Gasteiger partial charge in [-0.3, -0.25) is 0 Å². The molecule has 0 radical (unpaired) electrons. The molecule has 2 aromatic rings. The Bertz CT molecular complexity index is 592. The topological polar surface area (TPSA) is 86.0 Å². The molecule has 1 N–H and O–H groups in total. The number of hydrogen-bond acceptors (Lipinski definition) is 7. The lowest BCUT2D eigenvalue weighted by atomic mass is 9.81. The van der Waals surface area contributed by atoms with Crippen LogP contribution in [0.15, 0.2) is 16.9 Å². The maximum absolute atomic E-state index is 5.44. The van der Waals surface area contributed by atoms with E-state index in [2.05, 4.69) is 32.3 Å². The summed E-state index contributed by atoms with van der Waals surface area (Å²) in [5, 5.41) is 7.37. The van der Waals surface area contributed by atoms with E-state index >= 15 is 0 Å². The van der Waals surface area contributed by atoms with E-state index in [-0.39, 0.29) is 5.41 Å². The second-order valence-electron chi connectivity index (χ2n) is 5.18. The Morgan fingerprint density at radius 1 is 1.30 bits per heavy atom. The fraction of sp³-hybridized carbons (Fsp3) is 0.538. The van der Waals surface area contributed by atoms with Crippen molar-refractivity contribution in [3.8, 4) is 17.4 Å². The Morgan fingerprint density at radius 2 is 2.10 bits per heavy atom. The molecule has 0 spiro atoms. The summed E-state index contributed by atoms with van der Waals surface area (Å²) in [6.07, 6.45) is 3.40. The van der Waals surface area contributed by atoms with E-state index in [1.165, 1.54) is 6.33 Å². The van der Waals surface area contributed by atoms with Crippen molar-refractivity contribution >= 4 is 0 Å². The maximum Gasteiger partial charge on any atom is 0.233 e. The molecule has 1 saturated heterocycles. The Kier molecular flexibility index (Phi) is 3.35. The third-order valence-electron chi connectivity index (χ3n) is 3.73. The van der Waals surface area contributed by atoms with Crippen LogP contribution in [0.4, 0.5) is 0 Å². The molecule has 0 unspecified atom stereocenters. The number of ether oxygens (including phenoxy) is 1. The molecular weight excluding hydrogens is 258 g/mol. The van der Waals surface area contributed by atoms with Gasteiger partial charge in [0.1, 0.15) is 12.0 Å². The first-order valence-electron chi connectivity index (χ1n) is 6.63. The van der Waals surface area contributed by atoms with E-state index in [1.807, 2.05) is 0 Å². The summed E-state index contributed by atoms with van der Waals surface area (Å²) in [5.41, 5.74) is 0.539. The SMILES string of the molecule is COc1cc(-c2noc(C3(C)CCNCC3)n2)ncn1. The van der Waals surface area contributed by atoms with Gasteiger partial charge in [0.05, 0.1) is 7.11 Å². The molecule has 1 aliphatic heterocycles. The van der Waals surface area contributed by atoms with Crippen molar-refractivity contribution in [2.75, 3.05) is 20.2 Å². The highest BCUT2D eigenvalue weighted by Gasteiger charge is 2.34. The van der Waals surface area contributed by atoms with Crippen LogP contribution < -0.4 is 10.1 Å². The summed E-state index contributed by atoms with van der Waals surface area (Å²) in [5.74, 6) is 1.63. The second kappa shape index (κ2) is 5.16. The largest absolute Gasteiger partial charge is 0.481 e. The molecule has 1 fully saturated rings. The molecule has 7 heteroatoms. The number of nitrogens with zero attached hydrogens (tertiary/aromatic N) is 4. The van der Waals surface area contributed by atoms with E-state index in [0.717, 1.165) is 25.9 Å². The number of nitrogens with one attached hydrogen (secondary N) is 1. The molecule has 2 aromatic heterocycles. The molecule has 0 amide bonds. The fourth-order valence-electron chi connectivity index (χ4n) is 2.34. The number of rotatable bonds is 3. The average Bonchev–Trinajstić information content (AvgIpc) is 2.99. The molecule has 3 rings (SSSR count). The van der Waals surface area contributed by atoms with Gasteiger partial charge in [-0.15, -0.1) is 0 Å². The van der Waals surface area contributed by atoms with Crippen molar-refractivity contribution in [1.82, 2.24) is 25.4 Å². The zero-order chi connectivity index (χ0) is 14.0. The minimum Gasteiger partial charge on any atom is -0.481 e. The lowest BCUT2D eigenvalue weighted by Crippen LogP contribution is -2.37. The summed E-state index contributed by atoms with van der Waals surface area (Å²) < 4.78 is 10.5. The molecule has 0 aliphatic carbocycles. The van der Waals surface area contributed by atoms with Crippen LogP contribution in [0.3, 0.4) is 0 Å². The number of methoxy groups -OCH3 is 1. The minimum atomic E-state index is -0.0619. The molecule has 0 aromatic carbocycles. The van der Waals surface area contributed by atoms with Gasteiger partial charge in [0, 0.05) is 11.5 Å². The molecule has 7 nitrogen and oxygen atoms in total. The van der Waals surface area contributed by atoms with Crippen molar-refractivity contribution in [3.05, 3.63) is 18.3 Å². The molecule has 0 saturated carbocycles. The summed E-state index contributed by atoms with van der Waals surface area (Å²) in [4.78, 5) is 12.6. The summed E-state index contributed by atoms with van der Waals surface area (Å²) in [6, 6.07) is 1.69. The quantitative estimate of drug-likeness (QED) is 0.900. The molecular formula is C13H17N5O2. The van der Waals surface area contributed by atoms with Crippen LogP contribution in [0.5, 0.6) is 5.88 Å². The monoisotopic (exact) mass is 275 g/mol. The van der Waals surface area contributed by atoms with Crippen molar-refractivity contribution in [1.29, 1.82) is 0 Å². The molecule has 0 bridgehead atoms. The van der Waals surface area contributed by atoms with E-state index in [9.17, 15) is 0 Å². The lowest BCUT2D eigenvalue weighted by Gasteiger charge is -2.30. The van der Waals surface area contributed by atoms with Crippen LogP contribution in [-0.2, 0) is 5.41 Å². The summed E-state index contributed by atoms with van der Waals surface area (Å²) in [6.45, 7) is 4.09. The van der Waals surface area contributed by atoms with Crippen LogP contribution in [0.25, 0.3) is 11.5 Å². The van der Waals surface area contributed by atoms with Gasteiger partial charge < -0.3 is 14.6 Å². The molecule has 20 heavy (non-hydrogen) atoms. The van der Waals surface area contributed by atoms with Crippen LogP contribution in [0.2, 0.25) is 0 Å². The highest BCUT2D eigenvalue weighted by molar-refractivity contribution is 5.49. The van der Waals surface area contributed by atoms with Gasteiger partial charge in [0.15, 0.2) is 0 Å². The third-order valence-corrected chi connectivity index (χ3v) is 3.73. The number of piperidine rings is 1. The van der Waals surface area contributed by atoms with Crippen molar-refractivity contribution < 1.29 is 9.26 Å². The number of aromatic nitrogens is 4. The van der Waals surface area contributed by atoms with Crippen LogP contribution >= 0.6 is 0 Å². The van der Waals surface area contributed by atoms with Gasteiger partial charge in [0.25, 0.3) is 0 Å². The summed E-state index contributed by atoms with van der Waals surface area (Å²) >= 11 is 0. The molecule has 106 valence electrons. The van der Waals surface area contributed by atoms with Crippen molar-refractivity contribution in [3.63, 3.8) is 0 Å². The van der Waals surface area contributed by atoms with Gasteiger partial charge in [-0.2, -0.15) is 4.98 Å². The predicted octanol–water partition coefficient (Wildman–Crippen LogP) is 1.18. The van der Waals surface area contributed by atoms with E-state index < -0.39 is 0 Å². The Balaban J connectivity index is 1.89. The normalized spacial score (nSPS) is 17.9. The van der Waals surface area contributed by atoms with Crippen LogP contribution in [0, 0.1) is 0 Å². The van der Waals surface area contributed by atoms with E-state index in [1.54, 1.807) is 13.2 Å². The zero-order valence-corrected chi connectivity index (χ0v) is 11.6. The second-order valence-corrected chi connectivity index (χ2v) is 5.18. The first-order chi connectivity index (χ1) is 9.71. The van der Waals surface area contributed by atoms with Crippen molar-refractivity contribution in [2.24, 2.45) is 0 Å². The van der Waals surface area contributed by atoms with Gasteiger partial charge in [-0.1, -0.05) is 12.1 Å². The van der Waals surface area contributed by atoms with Gasteiger partial charge in [-0.05, 0) is 25.9 Å². The van der Waals surface area contributed by atoms with Crippen molar-refractivity contribution in [2.45, 2.75) is 25.2 Å².